The van der Waals surface area contributed by atoms with E-state index >= 15 is 0 Å². The monoisotopic (exact) mass is 584 g/mol. The summed E-state index contributed by atoms with van der Waals surface area (Å²) in [4.78, 5) is 57.3. The van der Waals surface area contributed by atoms with E-state index in [2.05, 4.69) is 9.47 Å². The smallest absolute Gasteiger partial charge is 0.327 e. The van der Waals surface area contributed by atoms with Crippen molar-refractivity contribution in [2.75, 3.05) is 33.9 Å². The first-order valence-electron chi connectivity index (χ1n) is 13.4. The zero-order valence-corrected chi connectivity index (χ0v) is 23.0. The Morgan fingerprint density at radius 3 is 1.68 bits per heavy atom. The van der Waals surface area contributed by atoms with Gasteiger partial charge in [-0.1, -0.05) is 25.7 Å². The van der Waals surface area contributed by atoms with E-state index in [0.29, 0.717) is 51.2 Å². The van der Waals surface area contributed by atoms with Crippen molar-refractivity contribution in [1.29, 1.82) is 0 Å². The van der Waals surface area contributed by atoms with Crippen molar-refractivity contribution in [2.45, 2.75) is 101 Å². The van der Waals surface area contributed by atoms with E-state index in [0.717, 1.165) is 29.1 Å². The minimum absolute atomic E-state index is 0.149. The quantitative estimate of drug-likeness (QED) is 0.127. The molecule has 10 nitrogen and oxygen atoms in total. The number of nitrogens with zero attached hydrogens (tertiary/aromatic N) is 2. The molecule has 1 N–H and O–H groups in total. The number of carbonyl (C=O) groups excluding carboxylic acids is 5. The van der Waals surface area contributed by atoms with Gasteiger partial charge in [0.25, 0.3) is 11.8 Å². The van der Waals surface area contributed by atoms with Crippen LogP contribution in [0.25, 0.3) is 0 Å². The van der Waals surface area contributed by atoms with Crippen LogP contribution in [0.2, 0.25) is 0 Å². The van der Waals surface area contributed by atoms with Crippen LogP contribution in [0.3, 0.4) is 0 Å². The number of ether oxygens (including phenoxy) is 2. The van der Waals surface area contributed by atoms with Crippen LogP contribution in [-0.2, 0) is 33.4 Å². The van der Waals surface area contributed by atoms with E-state index in [1.54, 1.807) is 0 Å². The number of unbranched alkanes of at least 4 members (excludes halogenated alkanes) is 6. The zero-order valence-electron chi connectivity index (χ0n) is 23.0. The third-order valence-corrected chi connectivity index (χ3v) is 6.83. The van der Waals surface area contributed by atoms with Crippen LogP contribution in [0, 0.1) is 0 Å². The predicted octanol–water partition coefficient (Wildman–Crippen LogP) is 2.88. The Balaban J connectivity index is 0.000000400. The fourth-order valence-electron chi connectivity index (χ4n) is 4.54. The molecule has 0 saturated carbocycles. The molecule has 0 aliphatic carbocycles. The highest BCUT2D eigenvalue weighted by Gasteiger charge is 2.53. The molecule has 0 aromatic carbocycles. The first-order chi connectivity index (χ1) is 18.8. The van der Waals surface area contributed by atoms with Crippen LogP contribution in [0.4, 0.5) is 17.6 Å². The highest BCUT2D eigenvalue weighted by Crippen LogP contribution is 2.34. The summed E-state index contributed by atoms with van der Waals surface area (Å²) in [6.45, 7) is -0.0718. The van der Waals surface area contributed by atoms with Crippen LogP contribution >= 0.6 is 0 Å². The van der Waals surface area contributed by atoms with Crippen LogP contribution in [0.1, 0.15) is 77.0 Å². The van der Waals surface area contributed by atoms with E-state index in [-0.39, 0.29) is 25.0 Å². The first-order valence-corrected chi connectivity index (χ1v) is 13.4. The lowest BCUT2D eigenvalue weighted by Crippen LogP contribution is -2.38. The van der Waals surface area contributed by atoms with Gasteiger partial charge in [-0.3, -0.25) is 19.2 Å². The van der Waals surface area contributed by atoms with Gasteiger partial charge in [0.15, 0.2) is 0 Å². The van der Waals surface area contributed by atoms with Gasteiger partial charge in [0.2, 0.25) is 0 Å². The number of aldehydes is 1. The molecule has 2 saturated heterocycles. The van der Waals surface area contributed by atoms with Crippen molar-refractivity contribution >= 4 is 30.0 Å². The Morgan fingerprint density at radius 2 is 1.23 bits per heavy atom. The number of likely N-dealkylation sites (tertiary alicyclic amines) is 2. The molecule has 0 unspecified atom stereocenters. The van der Waals surface area contributed by atoms with Gasteiger partial charge in [0.05, 0.1) is 32.9 Å². The Labute approximate surface area is 231 Å². The Bertz CT molecular complexity index is 859. The highest BCUT2D eigenvalue weighted by molar-refractivity contribution is 5.89. The maximum Gasteiger partial charge on any atom is 0.327 e. The van der Waals surface area contributed by atoms with Crippen LogP contribution in [0.5, 0.6) is 0 Å². The van der Waals surface area contributed by atoms with Crippen molar-refractivity contribution in [3.8, 4) is 0 Å². The molecular weight excluding hydrogens is 544 g/mol. The summed E-state index contributed by atoms with van der Waals surface area (Å²) in [5.74, 6) is -9.76. The van der Waals surface area contributed by atoms with Crippen molar-refractivity contribution in [2.24, 2.45) is 0 Å². The summed E-state index contributed by atoms with van der Waals surface area (Å²) in [7, 11) is 2.65. The van der Waals surface area contributed by atoms with E-state index in [1.807, 2.05) is 0 Å². The van der Waals surface area contributed by atoms with Crippen molar-refractivity contribution in [3.05, 3.63) is 0 Å². The summed E-state index contributed by atoms with van der Waals surface area (Å²) < 4.78 is 61.8. The Morgan fingerprint density at radius 1 is 0.800 bits per heavy atom. The van der Waals surface area contributed by atoms with Gasteiger partial charge in [0, 0.05) is 38.8 Å². The number of hydrogen-bond donors (Lipinski definition) is 1. The number of amides is 2. The second-order valence-electron chi connectivity index (χ2n) is 9.83. The van der Waals surface area contributed by atoms with Crippen molar-refractivity contribution in [1.82, 2.24) is 9.80 Å². The number of rotatable bonds is 16. The topological polar surface area (TPSA) is 131 Å². The standard InChI is InChI=1S/C13H21F2NO4.C13H19F2NO4/c2*1-20-11(18)6-4-2-3-5-7-16-10(9-17)8-13(14,15)12(16)19/h10,17H,2-9H2,1H3;9-10H,2-8H2,1H3/t2*10-/m11/s1. The number of esters is 2. The van der Waals surface area contributed by atoms with Crippen molar-refractivity contribution in [3.63, 3.8) is 0 Å². The van der Waals surface area contributed by atoms with Gasteiger partial charge in [-0.15, -0.1) is 0 Å². The molecule has 2 heterocycles. The molecule has 14 heteroatoms. The van der Waals surface area contributed by atoms with E-state index in [1.165, 1.54) is 14.2 Å². The molecule has 2 atom stereocenters. The molecule has 2 aliphatic rings. The molecule has 2 aliphatic heterocycles. The summed E-state index contributed by atoms with van der Waals surface area (Å²) in [6, 6.07) is -1.81. The maximum atomic E-state index is 13.2. The van der Waals surface area contributed by atoms with E-state index in [4.69, 9.17) is 5.11 Å². The summed E-state index contributed by atoms with van der Waals surface area (Å²) >= 11 is 0. The lowest BCUT2D eigenvalue weighted by molar-refractivity contribution is -0.148. The SMILES string of the molecule is COC(=O)CCCCCCN1C(=O)C(F)(F)C[C@@H]1C=O.COC(=O)CCCCCCN1C(=O)C(F)(F)C[C@@H]1CO. The normalized spacial score (nSPS) is 21.2. The molecule has 2 fully saturated rings. The van der Waals surface area contributed by atoms with E-state index < -0.39 is 55.2 Å². The van der Waals surface area contributed by atoms with Gasteiger partial charge in [-0.05, 0) is 25.7 Å². The number of hydrogen-bond acceptors (Lipinski definition) is 8. The third-order valence-electron chi connectivity index (χ3n) is 6.83. The molecule has 0 aromatic rings. The second-order valence-corrected chi connectivity index (χ2v) is 9.83. The number of alkyl halides is 4. The molecule has 0 aromatic heterocycles. The van der Waals surface area contributed by atoms with Gasteiger partial charge in [-0.25, -0.2) is 0 Å². The minimum atomic E-state index is -3.42. The Kier molecular flexibility index (Phi) is 15.1. The summed E-state index contributed by atoms with van der Waals surface area (Å²) in [5.41, 5.74) is 0. The van der Waals surface area contributed by atoms with Crippen LogP contribution in [-0.4, -0.2) is 103 Å². The van der Waals surface area contributed by atoms with Crippen LogP contribution < -0.4 is 0 Å². The molecule has 0 spiro atoms. The third kappa shape index (κ3) is 11.0. The average Bonchev–Trinajstić information content (AvgIpc) is 3.29. The second kappa shape index (κ2) is 17.1. The molecule has 2 amide bonds. The average molecular weight is 585 g/mol. The van der Waals surface area contributed by atoms with E-state index in [9.17, 15) is 41.5 Å². The zero-order chi connectivity index (χ0) is 30.3. The first kappa shape index (κ1) is 35.3. The highest BCUT2D eigenvalue weighted by atomic mass is 19.3. The summed E-state index contributed by atoms with van der Waals surface area (Å²) in [5, 5.41) is 9.04. The van der Waals surface area contributed by atoms with Gasteiger partial charge >= 0.3 is 23.8 Å². The van der Waals surface area contributed by atoms with Crippen LogP contribution in [0.15, 0.2) is 0 Å². The molecule has 230 valence electrons. The largest absolute Gasteiger partial charge is 0.469 e. The number of carbonyl (C=O) groups is 5. The number of halogens is 4. The minimum Gasteiger partial charge on any atom is -0.469 e. The lowest BCUT2D eigenvalue weighted by atomic mass is 10.1. The molecule has 0 bridgehead atoms. The molecule has 2 rings (SSSR count). The van der Waals surface area contributed by atoms with Gasteiger partial charge in [-0.2, -0.15) is 17.6 Å². The number of methoxy groups -OCH3 is 2. The summed E-state index contributed by atoms with van der Waals surface area (Å²) in [6.07, 6.45) is 5.17. The lowest BCUT2D eigenvalue weighted by Gasteiger charge is -2.22. The number of aliphatic hydroxyl groups excluding tert-OH is 1. The number of aliphatic hydroxyl groups is 1. The Hall–Kier alpha value is -2.77. The van der Waals surface area contributed by atoms with Crippen molar-refractivity contribution < 1.29 is 56.1 Å². The maximum absolute atomic E-state index is 13.2. The fourth-order valence-corrected chi connectivity index (χ4v) is 4.54. The van der Waals surface area contributed by atoms with Gasteiger partial charge < -0.3 is 29.2 Å². The molecule has 40 heavy (non-hydrogen) atoms. The van der Waals surface area contributed by atoms with Gasteiger partial charge in [0.1, 0.15) is 6.29 Å². The molecule has 0 radical (unpaired) electrons. The fraction of sp³-hybridized carbons (Fsp3) is 0.808. The predicted molar refractivity (Wildman–Crippen MR) is 133 cm³/mol. The molecular formula is C26H40F4N2O8.